The number of thiophene rings is 1. The minimum atomic E-state index is -0.328. The number of hydrogen-bond acceptors (Lipinski definition) is 8. The Hall–Kier alpha value is -2.43. The maximum Gasteiger partial charge on any atom is 0.173 e. The second-order valence-electron chi connectivity index (χ2n) is 9.73. The van der Waals surface area contributed by atoms with Gasteiger partial charge in [-0.1, -0.05) is 6.08 Å². The zero-order valence-corrected chi connectivity index (χ0v) is 22.1. The van der Waals surface area contributed by atoms with Crippen molar-refractivity contribution in [3.63, 3.8) is 0 Å². The third-order valence-corrected chi connectivity index (χ3v) is 9.05. The highest BCUT2D eigenvalue weighted by molar-refractivity contribution is 7.19. The first-order chi connectivity index (χ1) is 17.5. The van der Waals surface area contributed by atoms with Crippen LogP contribution in [0.3, 0.4) is 0 Å². The Balaban J connectivity index is 1.20. The number of halogens is 1. The molecule has 2 aliphatic heterocycles. The molecule has 36 heavy (non-hydrogen) atoms. The van der Waals surface area contributed by atoms with Crippen LogP contribution in [-0.4, -0.2) is 53.0 Å². The van der Waals surface area contributed by atoms with Crippen LogP contribution in [0.15, 0.2) is 42.0 Å². The SMILES string of the molecule is CC1(C)C(c2cc3c(Nc4ccc5scnc5c4F)ccnc3s2)=CCN1CCOC1CCCCO1. The Morgan fingerprint density at radius 3 is 3.00 bits per heavy atom. The second-order valence-corrected chi connectivity index (χ2v) is 11.6. The molecule has 0 radical (unpaired) electrons. The molecule has 1 fully saturated rings. The maximum absolute atomic E-state index is 15.0. The van der Waals surface area contributed by atoms with Gasteiger partial charge in [-0.15, -0.1) is 22.7 Å². The van der Waals surface area contributed by atoms with E-state index in [-0.39, 0.29) is 17.6 Å². The predicted molar refractivity (Wildman–Crippen MR) is 146 cm³/mol. The van der Waals surface area contributed by atoms with Gasteiger partial charge in [-0.05, 0) is 62.9 Å². The number of fused-ring (bicyclic) bond motifs is 2. The van der Waals surface area contributed by atoms with Crippen LogP contribution in [0.2, 0.25) is 0 Å². The van der Waals surface area contributed by atoms with Crippen LogP contribution in [0.5, 0.6) is 0 Å². The Labute approximate surface area is 217 Å². The summed E-state index contributed by atoms with van der Waals surface area (Å²) in [6, 6.07) is 7.75. The number of ether oxygens (including phenoxy) is 2. The third-order valence-electron chi connectivity index (χ3n) is 7.18. The van der Waals surface area contributed by atoms with Crippen molar-refractivity contribution in [3.05, 3.63) is 52.7 Å². The van der Waals surface area contributed by atoms with Crippen LogP contribution in [0.1, 0.15) is 38.0 Å². The monoisotopic (exact) mass is 524 g/mol. The number of pyridine rings is 1. The van der Waals surface area contributed by atoms with Crippen molar-refractivity contribution in [1.82, 2.24) is 14.9 Å². The molecule has 4 aromatic rings. The summed E-state index contributed by atoms with van der Waals surface area (Å²) in [7, 11) is 0. The minimum Gasteiger partial charge on any atom is -0.353 e. The van der Waals surface area contributed by atoms with Crippen LogP contribution in [0.25, 0.3) is 26.0 Å². The summed E-state index contributed by atoms with van der Waals surface area (Å²) in [6.45, 7) is 7.71. The van der Waals surface area contributed by atoms with Gasteiger partial charge < -0.3 is 14.8 Å². The number of nitrogens with zero attached hydrogens (tertiary/aromatic N) is 3. The van der Waals surface area contributed by atoms with Gasteiger partial charge in [0, 0.05) is 41.7 Å². The molecule has 9 heteroatoms. The molecular weight excluding hydrogens is 495 g/mol. The van der Waals surface area contributed by atoms with E-state index in [1.807, 2.05) is 12.1 Å². The lowest BCUT2D eigenvalue weighted by Gasteiger charge is -2.35. The molecule has 0 bridgehead atoms. The highest BCUT2D eigenvalue weighted by Crippen LogP contribution is 2.43. The van der Waals surface area contributed by atoms with Gasteiger partial charge in [0.1, 0.15) is 10.3 Å². The van der Waals surface area contributed by atoms with E-state index in [4.69, 9.17) is 9.47 Å². The lowest BCUT2D eigenvalue weighted by Crippen LogP contribution is -2.42. The fraction of sp³-hybridized carbons (Fsp3) is 0.407. The van der Waals surface area contributed by atoms with Crippen molar-refractivity contribution in [2.45, 2.75) is 44.9 Å². The standard InChI is InChI=1S/C27H29FN4O2S2/c1-27(2)18(9-11-32(27)12-14-34-23-5-3-4-13-33-23)22-15-17-19(8-10-29-26(17)36-22)31-20-6-7-21-25(24(20)28)30-16-35-21/h6-10,15-16,23H,3-5,11-14H2,1-2H3,(H,29,31). The van der Waals surface area contributed by atoms with Crippen molar-refractivity contribution in [3.8, 4) is 0 Å². The van der Waals surface area contributed by atoms with E-state index < -0.39 is 0 Å². The Morgan fingerprint density at radius 1 is 1.22 bits per heavy atom. The summed E-state index contributed by atoms with van der Waals surface area (Å²) in [5.74, 6) is -0.328. The van der Waals surface area contributed by atoms with Crippen LogP contribution in [0.4, 0.5) is 15.8 Å². The number of rotatable bonds is 7. The van der Waals surface area contributed by atoms with E-state index in [1.165, 1.54) is 28.2 Å². The smallest absolute Gasteiger partial charge is 0.173 e. The summed E-state index contributed by atoms with van der Waals surface area (Å²) in [5, 5.41) is 4.28. The molecular formula is C27H29FN4O2S2. The van der Waals surface area contributed by atoms with E-state index in [0.29, 0.717) is 17.8 Å². The Morgan fingerprint density at radius 2 is 2.14 bits per heavy atom. The number of anilines is 2. The normalized spacial score (nSPS) is 20.3. The molecule has 0 amide bonds. The van der Waals surface area contributed by atoms with Crippen molar-refractivity contribution in [1.29, 1.82) is 0 Å². The fourth-order valence-electron chi connectivity index (χ4n) is 5.08. The molecule has 2 aliphatic rings. The van der Waals surface area contributed by atoms with Crippen LogP contribution < -0.4 is 5.32 Å². The topological polar surface area (TPSA) is 59.5 Å². The zero-order chi connectivity index (χ0) is 24.7. The minimum absolute atomic E-state index is 0.0578. The lowest BCUT2D eigenvalue weighted by molar-refractivity contribution is -0.164. The third kappa shape index (κ3) is 4.43. The molecule has 6 nitrogen and oxygen atoms in total. The van der Waals surface area contributed by atoms with E-state index in [1.54, 1.807) is 29.1 Å². The van der Waals surface area contributed by atoms with Gasteiger partial charge in [0.25, 0.3) is 0 Å². The molecule has 1 atom stereocenters. The number of thiazole rings is 1. The second kappa shape index (κ2) is 9.79. The average molecular weight is 525 g/mol. The molecule has 188 valence electrons. The highest BCUT2D eigenvalue weighted by Gasteiger charge is 2.36. The zero-order valence-electron chi connectivity index (χ0n) is 20.4. The number of nitrogens with one attached hydrogen (secondary N) is 1. The largest absolute Gasteiger partial charge is 0.353 e. The quantitative estimate of drug-likeness (QED) is 0.287. The molecule has 0 spiro atoms. The van der Waals surface area contributed by atoms with Crippen LogP contribution in [0, 0.1) is 5.82 Å². The summed E-state index contributed by atoms with van der Waals surface area (Å²) in [6.07, 6.45) is 7.31. The molecule has 0 aliphatic carbocycles. The summed E-state index contributed by atoms with van der Waals surface area (Å²) < 4.78 is 27.6. The molecule has 5 heterocycles. The van der Waals surface area contributed by atoms with Crippen molar-refractivity contribution in [2.75, 3.05) is 31.6 Å². The van der Waals surface area contributed by atoms with Crippen molar-refractivity contribution < 1.29 is 13.9 Å². The first-order valence-electron chi connectivity index (χ1n) is 12.4. The molecule has 6 rings (SSSR count). The van der Waals surface area contributed by atoms with E-state index in [2.05, 4.69) is 46.2 Å². The van der Waals surface area contributed by atoms with Crippen molar-refractivity contribution >= 4 is 60.1 Å². The summed E-state index contributed by atoms with van der Waals surface area (Å²) in [4.78, 5) is 13.3. The molecule has 0 saturated carbocycles. The average Bonchev–Trinajstić information content (AvgIpc) is 3.59. The lowest BCUT2D eigenvalue weighted by atomic mass is 9.94. The van der Waals surface area contributed by atoms with E-state index in [9.17, 15) is 0 Å². The summed E-state index contributed by atoms with van der Waals surface area (Å²) >= 11 is 3.11. The first kappa shape index (κ1) is 23.9. The Bertz CT molecular complexity index is 1420. The van der Waals surface area contributed by atoms with Gasteiger partial charge in [0.2, 0.25) is 0 Å². The molecule has 3 aromatic heterocycles. The van der Waals surface area contributed by atoms with Crippen molar-refractivity contribution in [2.24, 2.45) is 0 Å². The predicted octanol–water partition coefficient (Wildman–Crippen LogP) is 6.81. The van der Waals surface area contributed by atoms with Gasteiger partial charge in [0.05, 0.1) is 28.2 Å². The number of hydrogen-bond donors (Lipinski definition) is 1. The number of benzene rings is 1. The van der Waals surface area contributed by atoms with Gasteiger partial charge in [-0.25, -0.2) is 14.4 Å². The molecule has 1 aromatic carbocycles. The molecule has 1 N–H and O–H groups in total. The first-order valence-corrected chi connectivity index (χ1v) is 14.1. The fourth-order valence-corrected chi connectivity index (χ4v) is 6.97. The maximum atomic E-state index is 15.0. The Kier molecular flexibility index (Phi) is 6.51. The van der Waals surface area contributed by atoms with Crippen LogP contribution >= 0.6 is 22.7 Å². The van der Waals surface area contributed by atoms with Gasteiger partial charge in [-0.3, -0.25) is 4.90 Å². The molecule has 1 unspecified atom stereocenters. The van der Waals surface area contributed by atoms with Gasteiger partial charge in [0.15, 0.2) is 12.1 Å². The number of aromatic nitrogens is 2. The van der Waals surface area contributed by atoms with Gasteiger partial charge >= 0.3 is 0 Å². The van der Waals surface area contributed by atoms with Gasteiger partial charge in [-0.2, -0.15) is 0 Å². The molecule has 1 saturated heterocycles. The van der Waals surface area contributed by atoms with E-state index in [0.717, 1.165) is 53.1 Å². The van der Waals surface area contributed by atoms with E-state index >= 15 is 4.39 Å². The summed E-state index contributed by atoms with van der Waals surface area (Å²) in [5.41, 5.74) is 4.49. The van der Waals surface area contributed by atoms with Crippen LogP contribution in [-0.2, 0) is 9.47 Å². The highest BCUT2D eigenvalue weighted by atomic mass is 32.1.